The third kappa shape index (κ3) is 4.10. The van der Waals surface area contributed by atoms with Gasteiger partial charge in [-0.3, -0.25) is 14.2 Å². The van der Waals surface area contributed by atoms with Gasteiger partial charge in [-0.05, 0) is 36.8 Å². The predicted molar refractivity (Wildman–Crippen MR) is 120 cm³/mol. The number of hydrogen-bond donors (Lipinski definition) is 1. The molecule has 0 radical (unpaired) electrons. The molecule has 2 aromatic heterocycles. The first-order chi connectivity index (χ1) is 15.0. The number of esters is 1. The Bertz CT molecular complexity index is 1330. The molecule has 7 nitrogen and oxygen atoms in total. The Morgan fingerprint density at radius 3 is 2.61 bits per heavy atom. The largest absolute Gasteiger partial charge is 0.465 e. The molecule has 156 valence electrons. The van der Waals surface area contributed by atoms with Gasteiger partial charge in [-0.2, -0.15) is 0 Å². The van der Waals surface area contributed by atoms with Crippen molar-refractivity contribution < 1.29 is 14.3 Å². The number of nitrogens with zero attached hydrogens (tertiary/aromatic N) is 2. The van der Waals surface area contributed by atoms with E-state index in [0.29, 0.717) is 21.5 Å². The van der Waals surface area contributed by atoms with Gasteiger partial charge in [-0.15, -0.1) is 11.3 Å². The minimum atomic E-state index is -0.800. The molecule has 0 aliphatic carbocycles. The molecule has 0 saturated heterocycles. The summed E-state index contributed by atoms with van der Waals surface area (Å²) in [4.78, 5) is 43.5. The van der Waals surface area contributed by atoms with Crippen LogP contribution in [0.15, 0.2) is 71.8 Å². The van der Waals surface area contributed by atoms with Crippen LogP contribution in [0.3, 0.4) is 0 Å². The van der Waals surface area contributed by atoms with Crippen LogP contribution in [0.1, 0.15) is 23.3 Å². The minimum Gasteiger partial charge on any atom is -0.465 e. The van der Waals surface area contributed by atoms with E-state index in [1.54, 1.807) is 25.1 Å². The summed E-state index contributed by atoms with van der Waals surface area (Å²) >= 11 is 1.43. The Morgan fingerprint density at radius 2 is 1.87 bits per heavy atom. The molecule has 2 aromatic carbocycles. The topological polar surface area (TPSA) is 90.3 Å². The first-order valence-corrected chi connectivity index (χ1v) is 10.3. The lowest BCUT2D eigenvalue weighted by Crippen LogP contribution is -2.31. The molecule has 8 heteroatoms. The number of amides is 1. The summed E-state index contributed by atoms with van der Waals surface area (Å²) in [6.07, 6.45) is 1.39. The van der Waals surface area contributed by atoms with Crippen LogP contribution in [0.25, 0.3) is 20.7 Å². The van der Waals surface area contributed by atoms with Gasteiger partial charge in [0.25, 0.3) is 5.56 Å². The lowest BCUT2D eigenvalue weighted by molar-refractivity contribution is -0.118. The van der Waals surface area contributed by atoms with Crippen molar-refractivity contribution in [2.24, 2.45) is 0 Å². The van der Waals surface area contributed by atoms with Crippen LogP contribution in [-0.4, -0.2) is 28.5 Å². The highest BCUT2D eigenvalue weighted by atomic mass is 32.1. The lowest BCUT2D eigenvalue weighted by Gasteiger charge is -2.15. The summed E-state index contributed by atoms with van der Waals surface area (Å²) in [5.74, 6) is -0.898. The fourth-order valence-electron chi connectivity index (χ4n) is 3.17. The van der Waals surface area contributed by atoms with E-state index in [1.807, 2.05) is 36.4 Å². The van der Waals surface area contributed by atoms with Crippen LogP contribution in [0.5, 0.6) is 0 Å². The van der Waals surface area contributed by atoms with E-state index in [1.165, 1.54) is 35.4 Å². The molecular weight excluding hydrogens is 414 g/mol. The summed E-state index contributed by atoms with van der Waals surface area (Å²) in [6.45, 7) is 1.62. The summed E-state index contributed by atoms with van der Waals surface area (Å²) in [5, 5.41) is 3.21. The van der Waals surface area contributed by atoms with Crippen LogP contribution in [0.2, 0.25) is 0 Å². The molecule has 4 aromatic rings. The first kappa shape index (κ1) is 20.5. The quantitative estimate of drug-likeness (QED) is 0.479. The molecule has 0 bridgehead atoms. The van der Waals surface area contributed by atoms with Crippen LogP contribution >= 0.6 is 11.3 Å². The van der Waals surface area contributed by atoms with Crippen LogP contribution < -0.4 is 10.9 Å². The average molecular weight is 433 g/mol. The molecule has 0 aliphatic heterocycles. The van der Waals surface area contributed by atoms with E-state index in [4.69, 9.17) is 4.74 Å². The van der Waals surface area contributed by atoms with Crippen molar-refractivity contribution in [3.63, 3.8) is 0 Å². The van der Waals surface area contributed by atoms with Gasteiger partial charge < -0.3 is 10.1 Å². The maximum absolute atomic E-state index is 13.0. The van der Waals surface area contributed by atoms with Crippen LogP contribution in [0, 0.1) is 0 Å². The third-order valence-corrected chi connectivity index (χ3v) is 5.98. The zero-order valence-corrected chi connectivity index (χ0v) is 17.7. The predicted octanol–water partition coefficient (Wildman–Crippen LogP) is 4.11. The van der Waals surface area contributed by atoms with E-state index >= 15 is 0 Å². The zero-order valence-electron chi connectivity index (χ0n) is 16.9. The van der Waals surface area contributed by atoms with Gasteiger partial charge in [-0.25, -0.2) is 9.78 Å². The number of benzene rings is 2. The number of anilines is 1. The fraction of sp³-hybridized carbons (Fsp3) is 0.130. The Hall–Kier alpha value is -3.78. The molecule has 1 amide bonds. The molecule has 0 aliphatic rings. The first-order valence-electron chi connectivity index (χ1n) is 9.53. The number of carbonyl (C=O) groups is 2. The average Bonchev–Trinajstić information content (AvgIpc) is 3.24. The SMILES string of the molecule is COC(=O)c1cccc(NC(=O)C(C)n2cnc3sc(-c4ccccc4)cc3c2=O)c1. The van der Waals surface area contributed by atoms with Crippen molar-refractivity contribution in [3.05, 3.63) is 82.9 Å². The number of hydrogen-bond acceptors (Lipinski definition) is 6. The Balaban J connectivity index is 1.61. The van der Waals surface area contributed by atoms with Crippen molar-refractivity contribution in [2.45, 2.75) is 13.0 Å². The number of ether oxygens (including phenoxy) is 1. The highest BCUT2D eigenvalue weighted by Crippen LogP contribution is 2.30. The number of nitrogens with one attached hydrogen (secondary N) is 1. The summed E-state index contributed by atoms with van der Waals surface area (Å²) < 4.78 is 6.01. The molecule has 0 fully saturated rings. The smallest absolute Gasteiger partial charge is 0.337 e. The second-order valence-corrected chi connectivity index (χ2v) is 7.92. The number of rotatable bonds is 5. The van der Waals surface area contributed by atoms with Crippen molar-refractivity contribution >= 4 is 39.1 Å². The fourth-order valence-corrected chi connectivity index (χ4v) is 4.17. The Kier molecular flexibility index (Phi) is 5.64. The van der Waals surface area contributed by atoms with Gasteiger partial charge in [0.1, 0.15) is 10.9 Å². The molecule has 2 heterocycles. The normalized spacial score (nSPS) is 11.8. The molecule has 31 heavy (non-hydrogen) atoms. The van der Waals surface area contributed by atoms with Crippen molar-refractivity contribution in [1.82, 2.24) is 9.55 Å². The second-order valence-electron chi connectivity index (χ2n) is 6.89. The van der Waals surface area contributed by atoms with Gasteiger partial charge in [0.05, 0.1) is 24.4 Å². The van der Waals surface area contributed by atoms with Crippen molar-refractivity contribution in [2.75, 3.05) is 12.4 Å². The molecular formula is C23H19N3O4S. The number of fused-ring (bicyclic) bond motifs is 1. The Morgan fingerprint density at radius 1 is 1.10 bits per heavy atom. The highest BCUT2D eigenvalue weighted by molar-refractivity contribution is 7.21. The van der Waals surface area contributed by atoms with Crippen molar-refractivity contribution in [1.29, 1.82) is 0 Å². The maximum atomic E-state index is 13.0. The summed E-state index contributed by atoms with van der Waals surface area (Å²) in [6, 6.07) is 17.2. The van der Waals surface area contributed by atoms with E-state index < -0.39 is 17.9 Å². The monoisotopic (exact) mass is 433 g/mol. The molecule has 4 rings (SSSR count). The maximum Gasteiger partial charge on any atom is 0.337 e. The lowest BCUT2D eigenvalue weighted by atomic mass is 10.2. The highest BCUT2D eigenvalue weighted by Gasteiger charge is 2.19. The molecule has 1 N–H and O–H groups in total. The number of carbonyl (C=O) groups excluding carboxylic acids is 2. The standard InChI is InChI=1S/C23H19N3O4S/c1-14(20(27)25-17-10-6-9-16(11-17)23(29)30-2)26-13-24-21-18(22(26)28)12-19(31-21)15-7-4-3-5-8-15/h3-14H,1-2H3,(H,25,27). The molecule has 0 spiro atoms. The van der Waals surface area contributed by atoms with E-state index in [0.717, 1.165) is 10.4 Å². The molecule has 0 saturated carbocycles. The second kappa shape index (κ2) is 8.53. The molecule has 1 unspecified atom stereocenters. The number of methoxy groups -OCH3 is 1. The van der Waals surface area contributed by atoms with Crippen molar-refractivity contribution in [3.8, 4) is 10.4 Å². The van der Waals surface area contributed by atoms with Crippen LogP contribution in [-0.2, 0) is 9.53 Å². The van der Waals surface area contributed by atoms with Gasteiger partial charge in [0, 0.05) is 10.6 Å². The minimum absolute atomic E-state index is 0.283. The van der Waals surface area contributed by atoms with Gasteiger partial charge >= 0.3 is 5.97 Å². The molecule has 1 atom stereocenters. The zero-order chi connectivity index (χ0) is 22.0. The third-order valence-electron chi connectivity index (χ3n) is 4.88. The summed E-state index contributed by atoms with van der Waals surface area (Å²) in [5.41, 5.74) is 1.48. The Labute approximate surface area is 181 Å². The van der Waals surface area contributed by atoms with Gasteiger partial charge in [0.2, 0.25) is 5.91 Å². The van der Waals surface area contributed by atoms with E-state index in [2.05, 4.69) is 10.3 Å². The number of thiophene rings is 1. The van der Waals surface area contributed by atoms with E-state index in [-0.39, 0.29) is 5.56 Å². The number of aromatic nitrogens is 2. The van der Waals surface area contributed by atoms with Gasteiger partial charge in [0.15, 0.2) is 0 Å². The van der Waals surface area contributed by atoms with Gasteiger partial charge in [-0.1, -0.05) is 36.4 Å². The van der Waals surface area contributed by atoms with E-state index in [9.17, 15) is 14.4 Å². The van der Waals surface area contributed by atoms with Crippen LogP contribution in [0.4, 0.5) is 5.69 Å². The summed E-state index contributed by atoms with van der Waals surface area (Å²) in [7, 11) is 1.29.